The normalized spacial score (nSPS) is 17.3. The topological polar surface area (TPSA) is 9.23 Å². The van der Waals surface area contributed by atoms with E-state index in [1.165, 1.54) is 0 Å². The summed E-state index contributed by atoms with van der Waals surface area (Å²) < 4.78 is 8.92. The van der Waals surface area contributed by atoms with Crippen LogP contribution in [0.2, 0.25) is 0 Å². The molecule has 0 aromatic heterocycles. The van der Waals surface area contributed by atoms with Crippen molar-refractivity contribution in [3.63, 3.8) is 0 Å². The summed E-state index contributed by atoms with van der Waals surface area (Å²) in [6.07, 6.45) is 3.48. The number of rotatable bonds is 0. The van der Waals surface area contributed by atoms with Gasteiger partial charge in [-0.3, -0.25) is 0 Å². The minimum atomic E-state index is 0.0858. The molecule has 6 heavy (non-hydrogen) atoms. The molecule has 0 aliphatic carbocycles. The van der Waals surface area contributed by atoms with Gasteiger partial charge >= 0.3 is 46.4 Å². The van der Waals surface area contributed by atoms with Crippen molar-refractivity contribution >= 4 is 20.9 Å². The molecule has 0 atom stereocenters. The van der Waals surface area contributed by atoms with Crippen molar-refractivity contribution in [2.75, 3.05) is 0 Å². The van der Waals surface area contributed by atoms with Crippen LogP contribution in [0.3, 0.4) is 0 Å². The second-order valence-electron chi connectivity index (χ2n) is 0.816. The van der Waals surface area contributed by atoms with E-state index >= 15 is 0 Å². The van der Waals surface area contributed by atoms with Crippen LogP contribution in [0.1, 0.15) is 0 Å². The molecule has 0 amide bonds. The van der Waals surface area contributed by atoms with Gasteiger partial charge in [0.2, 0.25) is 0 Å². The van der Waals surface area contributed by atoms with Crippen LogP contribution in [0, 0.1) is 0 Å². The number of hydrogen-bond donors (Lipinski definition) is 0. The predicted octanol–water partition coefficient (Wildman–Crippen LogP) is 0.663. The quantitative estimate of drug-likeness (QED) is 0.517. The fourth-order valence-electron chi connectivity index (χ4n) is 0.219. The van der Waals surface area contributed by atoms with Gasteiger partial charge in [0.1, 0.15) is 0 Å². The van der Waals surface area contributed by atoms with E-state index in [4.69, 9.17) is 4.74 Å². The molecule has 1 aliphatic rings. The van der Waals surface area contributed by atoms with Crippen LogP contribution in [-0.4, -0.2) is 20.9 Å². The standard InChI is InChI=1S/C4H4OTe/c1-3-6-4-2-5-1/h1-4H. The Bertz CT molecular complexity index is 65.5. The van der Waals surface area contributed by atoms with E-state index in [1.807, 2.05) is 0 Å². The van der Waals surface area contributed by atoms with Gasteiger partial charge < -0.3 is 0 Å². The van der Waals surface area contributed by atoms with Gasteiger partial charge in [-0.1, -0.05) is 0 Å². The van der Waals surface area contributed by atoms with Gasteiger partial charge in [0.15, 0.2) is 0 Å². The second-order valence-corrected chi connectivity index (χ2v) is 3.15. The van der Waals surface area contributed by atoms with Crippen molar-refractivity contribution in [1.82, 2.24) is 0 Å². The first-order chi connectivity index (χ1) is 3.00. The molecule has 0 saturated carbocycles. The van der Waals surface area contributed by atoms with Crippen molar-refractivity contribution in [3.05, 3.63) is 20.8 Å². The summed E-state index contributed by atoms with van der Waals surface area (Å²) >= 11 is 0.0858. The Morgan fingerprint density at radius 2 is 1.83 bits per heavy atom. The van der Waals surface area contributed by atoms with E-state index in [2.05, 4.69) is 8.25 Å². The fraction of sp³-hybridized carbons (Fsp3) is 0. The summed E-state index contributed by atoms with van der Waals surface area (Å²) in [7, 11) is 0. The van der Waals surface area contributed by atoms with E-state index in [0.717, 1.165) is 0 Å². The summed E-state index contributed by atoms with van der Waals surface area (Å²) in [5.74, 6) is 0. The van der Waals surface area contributed by atoms with Gasteiger partial charge in [-0.2, -0.15) is 0 Å². The summed E-state index contributed by atoms with van der Waals surface area (Å²) in [6, 6.07) is 0. The van der Waals surface area contributed by atoms with Crippen molar-refractivity contribution in [1.29, 1.82) is 0 Å². The van der Waals surface area contributed by atoms with Gasteiger partial charge in [0, 0.05) is 0 Å². The van der Waals surface area contributed by atoms with E-state index < -0.39 is 0 Å². The molecule has 1 rings (SSSR count). The van der Waals surface area contributed by atoms with Crippen molar-refractivity contribution < 1.29 is 4.74 Å². The van der Waals surface area contributed by atoms with Crippen LogP contribution in [-0.2, 0) is 4.74 Å². The molecule has 0 N–H and O–H groups in total. The van der Waals surface area contributed by atoms with Crippen LogP contribution >= 0.6 is 0 Å². The van der Waals surface area contributed by atoms with Crippen LogP contribution < -0.4 is 0 Å². The average molecular weight is 196 g/mol. The zero-order chi connectivity index (χ0) is 4.24. The number of ether oxygens (including phenoxy) is 1. The third-order valence-electron chi connectivity index (χ3n) is 0.425. The van der Waals surface area contributed by atoms with Crippen LogP contribution in [0.25, 0.3) is 0 Å². The van der Waals surface area contributed by atoms with Crippen LogP contribution in [0.15, 0.2) is 20.8 Å². The summed E-state index contributed by atoms with van der Waals surface area (Å²) in [6.45, 7) is 0. The predicted molar refractivity (Wildman–Crippen MR) is 25.1 cm³/mol. The molecule has 0 aromatic carbocycles. The third-order valence-corrected chi connectivity index (χ3v) is 1.96. The van der Waals surface area contributed by atoms with Gasteiger partial charge in [-0.15, -0.1) is 0 Å². The Morgan fingerprint density at radius 3 is 2.00 bits per heavy atom. The molecule has 1 aliphatic heterocycles. The molecule has 0 bridgehead atoms. The van der Waals surface area contributed by atoms with E-state index in [0.29, 0.717) is 0 Å². The van der Waals surface area contributed by atoms with Crippen molar-refractivity contribution in [2.45, 2.75) is 0 Å². The van der Waals surface area contributed by atoms with E-state index in [-0.39, 0.29) is 20.9 Å². The molecule has 0 aromatic rings. The van der Waals surface area contributed by atoms with Gasteiger partial charge in [-0.05, 0) is 0 Å². The molecule has 32 valence electrons. The van der Waals surface area contributed by atoms with Crippen molar-refractivity contribution in [3.8, 4) is 0 Å². The van der Waals surface area contributed by atoms with E-state index in [9.17, 15) is 0 Å². The Balaban J connectivity index is 2.40. The first kappa shape index (κ1) is 4.23. The van der Waals surface area contributed by atoms with Gasteiger partial charge in [-0.25, -0.2) is 0 Å². The minimum absolute atomic E-state index is 0.0858. The molecule has 0 unspecified atom stereocenters. The summed E-state index contributed by atoms with van der Waals surface area (Å²) in [4.78, 5) is 0. The van der Waals surface area contributed by atoms with Gasteiger partial charge in [0.05, 0.1) is 0 Å². The molecular weight excluding hydrogens is 192 g/mol. The summed E-state index contributed by atoms with van der Waals surface area (Å²) in [5, 5.41) is 0. The Labute approximate surface area is 46.8 Å². The Hall–Kier alpha value is 0.0696. The second kappa shape index (κ2) is 2.28. The molecule has 0 saturated heterocycles. The Kier molecular flexibility index (Phi) is 1.61. The molecular formula is C4H4OTe. The number of hydrogen-bond acceptors (Lipinski definition) is 1. The average Bonchev–Trinajstić information content (AvgIpc) is 1.72. The van der Waals surface area contributed by atoms with E-state index in [1.54, 1.807) is 12.5 Å². The first-order valence-corrected chi connectivity index (χ1v) is 4.30. The molecule has 1 heterocycles. The molecule has 0 spiro atoms. The maximum atomic E-state index is 4.74. The summed E-state index contributed by atoms with van der Waals surface area (Å²) in [5.41, 5.74) is 0. The SMILES string of the molecule is C1=C[Te]C=CO1. The monoisotopic (exact) mass is 198 g/mol. The third kappa shape index (κ3) is 1.04. The van der Waals surface area contributed by atoms with Crippen molar-refractivity contribution in [2.24, 2.45) is 0 Å². The zero-order valence-corrected chi connectivity index (χ0v) is 5.46. The Morgan fingerprint density at radius 1 is 1.17 bits per heavy atom. The maximum absolute atomic E-state index is 4.74. The molecule has 0 fully saturated rings. The fourth-order valence-corrected chi connectivity index (χ4v) is 1.21. The molecule has 2 heteroatoms. The van der Waals surface area contributed by atoms with Crippen LogP contribution in [0.5, 0.6) is 0 Å². The molecule has 1 nitrogen and oxygen atoms in total. The first-order valence-electron chi connectivity index (χ1n) is 1.61. The van der Waals surface area contributed by atoms with Gasteiger partial charge in [0.25, 0.3) is 0 Å². The van der Waals surface area contributed by atoms with Crippen LogP contribution in [0.4, 0.5) is 0 Å². The molecule has 0 radical (unpaired) electrons. The zero-order valence-electron chi connectivity index (χ0n) is 3.13.